The molecule has 0 amide bonds. The van der Waals surface area contributed by atoms with Gasteiger partial charge in [-0.1, -0.05) is 64.6 Å². The summed E-state index contributed by atoms with van der Waals surface area (Å²) in [5.74, 6) is 0.176. The van der Waals surface area contributed by atoms with Crippen molar-refractivity contribution < 1.29 is 14.3 Å². The molecule has 0 spiro atoms. The van der Waals surface area contributed by atoms with Crippen LogP contribution in [-0.2, 0) is 22.6 Å². The Morgan fingerprint density at radius 3 is 2.60 bits per heavy atom. The molecule has 2 aromatic carbocycles. The average Bonchev–Trinajstić information content (AvgIpc) is 3.05. The number of rotatable bonds is 7. The Labute approximate surface area is 154 Å². The Bertz CT molecular complexity index is 839. The Kier molecular flexibility index (Phi) is 5.98. The number of ether oxygens (including phenoxy) is 2. The standard InChI is InChI=1S/C18H15ClN2O3S/c19-18-15(20-21-25-18)11-24-17(22)12-23-16-9-5-4-8-14(16)10-13-6-2-1-3-7-13/h1-9H,10-12H2. The molecule has 0 atom stereocenters. The van der Waals surface area contributed by atoms with Gasteiger partial charge in [-0.15, -0.1) is 5.10 Å². The quantitative estimate of drug-likeness (QED) is 0.587. The van der Waals surface area contributed by atoms with Crippen LogP contribution in [0.2, 0.25) is 4.34 Å². The molecule has 1 aromatic heterocycles. The molecule has 0 fully saturated rings. The molecular formula is C18H15ClN2O3S. The molecule has 0 N–H and O–H groups in total. The van der Waals surface area contributed by atoms with E-state index in [0.29, 0.717) is 15.8 Å². The molecule has 0 aliphatic rings. The Balaban J connectivity index is 1.56. The third kappa shape index (κ3) is 5.01. The van der Waals surface area contributed by atoms with Gasteiger partial charge in [0.1, 0.15) is 22.4 Å². The second-order valence-electron chi connectivity index (χ2n) is 5.21. The van der Waals surface area contributed by atoms with Crippen molar-refractivity contribution in [2.24, 2.45) is 0 Å². The first-order valence-corrected chi connectivity index (χ1v) is 8.74. The van der Waals surface area contributed by atoms with Gasteiger partial charge in [0.05, 0.1) is 0 Å². The van der Waals surface area contributed by atoms with Crippen LogP contribution in [0.5, 0.6) is 5.75 Å². The molecule has 0 radical (unpaired) electrons. The fraction of sp³-hybridized carbons (Fsp3) is 0.167. The van der Waals surface area contributed by atoms with Crippen LogP contribution in [0, 0.1) is 0 Å². The maximum Gasteiger partial charge on any atom is 0.344 e. The van der Waals surface area contributed by atoms with Crippen molar-refractivity contribution >= 4 is 29.1 Å². The van der Waals surface area contributed by atoms with Crippen molar-refractivity contribution in [1.29, 1.82) is 0 Å². The SMILES string of the molecule is O=C(COc1ccccc1Cc1ccccc1)OCc1nnsc1Cl. The van der Waals surface area contributed by atoms with E-state index in [4.69, 9.17) is 21.1 Å². The lowest BCUT2D eigenvalue weighted by Gasteiger charge is -2.11. The van der Waals surface area contributed by atoms with E-state index >= 15 is 0 Å². The molecular weight excluding hydrogens is 360 g/mol. The first-order chi connectivity index (χ1) is 12.2. The van der Waals surface area contributed by atoms with E-state index in [2.05, 4.69) is 21.7 Å². The van der Waals surface area contributed by atoms with Crippen LogP contribution in [0.4, 0.5) is 0 Å². The molecule has 0 aliphatic carbocycles. The molecule has 1 heterocycles. The fourth-order valence-electron chi connectivity index (χ4n) is 2.22. The Morgan fingerprint density at radius 2 is 1.84 bits per heavy atom. The number of esters is 1. The van der Waals surface area contributed by atoms with Gasteiger partial charge in [-0.05, 0) is 17.2 Å². The smallest absolute Gasteiger partial charge is 0.344 e. The van der Waals surface area contributed by atoms with Crippen molar-refractivity contribution in [2.75, 3.05) is 6.61 Å². The lowest BCUT2D eigenvalue weighted by Crippen LogP contribution is -2.15. The number of carbonyl (C=O) groups is 1. The highest BCUT2D eigenvalue weighted by molar-refractivity contribution is 7.10. The topological polar surface area (TPSA) is 61.3 Å². The molecule has 3 aromatic rings. The fourth-order valence-corrected chi connectivity index (χ4v) is 2.82. The second-order valence-corrected chi connectivity index (χ2v) is 6.57. The molecule has 0 saturated heterocycles. The normalized spacial score (nSPS) is 10.4. The predicted octanol–water partition coefficient (Wildman–Crippen LogP) is 3.90. The number of para-hydroxylation sites is 1. The number of hydrogen-bond donors (Lipinski definition) is 0. The molecule has 25 heavy (non-hydrogen) atoms. The van der Waals surface area contributed by atoms with Gasteiger partial charge >= 0.3 is 5.97 Å². The predicted molar refractivity (Wildman–Crippen MR) is 95.9 cm³/mol. The second kappa shape index (κ2) is 8.60. The van der Waals surface area contributed by atoms with Crippen molar-refractivity contribution in [3.63, 3.8) is 0 Å². The van der Waals surface area contributed by atoms with E-state index in [1.54, 1.807) is 0 Å². The van der Waals surface area contributed by atoms with Gasteiger partial charge in [0.2, 0.25) is 0 Å². The van der Waals surface area contributed by atoms with Gasteiger partial charge in [-0.25, -0.2) is 4.79 Å². The highest BCUT2D eigenvalue weighted by atomic mass is 35.5. The number of benzene rings is 2. The Morgan fingerprint density at radius 1 is 1.08 bits per heavy atom. The monoisotopic (exact) mass is 374 g/mol. The molecule has 3 rings (SSSR count). The van der Waals surface area contributed by atoms with E-state index in [1.807, 2.05) is 42.5 Å². The summed E-state index contributed by atoms with van der Waals surface area (Å²) in [5.41, 5.74) is 2.63. The van der Waals surface area contributed by atoms with Gasteiger partial charge < -0.3 is 9.47 Å². The van der Waals surface area contributed by atoms with Crippen LogP contribution in [0.25, 0.3) is 0 Å². The van der Waals surface area contributed by atoms with Crippen molar-refractivity contribution in [2.45, 2.75) is 13.0 Å². The van der Waals surface area contributed by atoms with Crippen molar-refractivity contribution in [3.8, 4) is 5.75 Å². The minimum absolute atomic E-state index is 0.0107. The van der Waals surface area contributed by atoms with Crippen LogP contribution >= 0.6 is 23.1 Å². The van der Waals surface area contributed by atoms with Crippen LogP contribution in [0.15, 0.2) is 54.6 Å². The average molecular weight is 375 g/mol. The Hall–Kier alpha value is -2.44. The van der Waals surface area contributed by atoms with Crippen molar-refractivity contribution in [3.05, 3.63) is 75.8 Å². The largest absolute Gasteiger partial charge is 0.482 e. The number of hydrogen-bond acceptors (Lipinski definition) is 6. The van der Waals surface area contributed by atoms with E-state index in [9.17, 15) is 4.79 Å². The zero-order chi connectivity index (χ0) is 17.5. The number of nitrogens with zero attached hydrogens (tertiary/aromatic N) is 2. The highest BCUT2D eigenvalue weighted by Gasteiger charge is 2.11. The maximum atomic E-state index is 11.9. The third-order valence-electron chi connectivity index (χ3n) is 3.43. The maximum absolute atomic E-state index is 11.9. The molecule has 0 bridgehead atoms. The summed E-state index contributed by atoms with van der Waals surface area (Å²) in [6, 6.07) is 17.7. The number of halogens is 1. The van der Waals surface area contributed by atoms with Crippen molar-refractivity contribution in [1.82, 2.24) is 9.59 Å². The van der Waals surface area contributed by atoms with E-state index in [0.717, 1.165) is 23.5 Å². The summed E-state index contributed by atoms with van der Waals surface area (Å²) >= 11 is 6.92. The zero-order valence-corrected chi connectivity index (χ0v) is 14.8. The summed E-state index contributed by atoms with van der Waals surface area (Å²) < 4.78 is 14.8. The van der Waals surface area contributed by atoms with Crippen LogP contribution in [0.3, 0.4) is 0 Å². The molecule has 5 nitrogen and oxygen atoms in total. The number of aromatic nitrogens is 2. The van der Waals surface area contributed by atoms with Crippen LogP contribution in [-0.4, -0.2) is 22.2 Å². The minimum atomic E-state index is -0.487. The highest BCUT2D eigenvalue weighted by Crippen LogP contribution is 2.22. The molecule has 0 saturated carbocycles. The van der Waals surface area contributed by atoms with E-state index in [1.165, 1.54) is 5.56 Å². The lowest BCUT2D eigenvalue weighted by atomic mass is 10.0. The summed E-state index contributed by atoms with van der Waals surface area (Å²) in [5, 5.41) is 3.79. The first-order valence-electron chi connectivity index (χ1n) is 7.59. The van der Waals surface area contributed by atoms with Gasteiger partial charge in [-0.3, -0.25) is 0 Å². The molecule has 0 aliphatic heterocycles. The molecule has 0 unspecified atom stereocenters. The zero-order valence-electron chi connectivity index (χ0n) is 13.2. The van der Waals surface area contributed by atoms with Crippen LogP contribution in [0.1, 0.15) is 16.8 Å². The van der Waals surface area contributed by atoms with E-state index in [-0.39, 0.29) is 13.2 Å². The summed E-state index contributed by atoms with van der Waals surface area (Å²) in [7, 11) is 0. The first kappa shape index (κ1) is 17.4. The van der Waals surface area contributed by atoms with Gasteiger partial charge in [-0.2, -0.15) is 0 Å². The van der Waals surface area contributed by atoms with Crippen LogP contribution < -0.4 is 4.74 Å². The summed E-state index contributed by atoms with van der Waals surface area (Å²) in [6.07, 6.45) is 0.728. The third-order valence-corrected chi connectivity index (χ3v) is 4.42. The van der Waals surface area contributed by atoms with E-state index < -0.39 is 5.97 Å². The number of carbonyl (C=O) groups excluding carboxylic acids is 1. The minimum Gasteiger partial charge on any atom is -0.482 e. The molecule has 128 valence electrons. The lowest BCUT2D eigenvalue weighted by molar-refractivity contribution is -0.147. The summed E-state index contributed by atoms with van der Waals surface area (Å²) in [6.45, 7) is -0.190. The van der Waals surface area contributed by atoms with Gasteiger partial charge in [0.25, 0.3) is 0 Å². The summed E-state index contributed by atoms with van der Waals surface area (Å²) in [4.78, 5) is 11.9. The van der Waals surface area contributed by atoms with Gasteiger partial charge in [0.15, 0.2) is 6.61 Å². The molecule has 7 heteroatoms. The van der Waals surface area contributed by atoms with Gasteiger partial charge in [0, 0.05) is 18.0 Å².